The number of benzene rings is 1. The molecule has 0 radical (unpaired) electrons. The van der Waals surface area contributed by atoms with Crippen molar-refractivity contribution < 1.29 is 19.4 Å². The normalized spacial score (nSPS) is 16.9. The monoisotopic (exact) mass is 293 g/mol. The van der Waals surface area contributed by atoms with Crippen LogP contribution < -0.4 is 14.8 Å². The number of carboxylic acid groups (broad SMARTS) is 1. The Kier molecular flexibility index (Phi) is 4.73. The topological polar surface area (TPSA) is 67.8 Å². The second kappa shape index (κ2) is 6.35. The smallest absolute Gasteiger partial charge is 0.320 e. The first-order valence-electron chi connectivity index (χ1n) is 7.33. The van der Waals surface area contributed by atoms with Gasteiger partial charge in [0, 0.05) is 18.4 Å². The highest BCUT2D eigenvalue weighted by molar-refractivity contribution is 5.73. The van der Waals surface area contributed by atoms with Crippen molar-refractivity contribution in [1.82, 2.24) is 5.32 Å². The fourth-order valence-corrected chi connectivity index (χ4v) is 2.55. The van der Waals surface area contributed by atoms with E-state index in [-0.39, 0.29) is 5.60 Å². The zero-order valence-electron chi connectivity index (χ0n) is 12.8. The van der Waals surface area contributed by atoms with Crippen molar-refractivity contribution in [3.8, 4) is 11.5 Å². The van der Waals surface area contributed by atoms with Crippen LogP contribution in [0.2, 0.25) is 0 Å². The summed E-state index contributed by atoms with van der Waals surface area (Å²) in [6.45, 7) is 6.93. The number of nitrogens with one attached hydrogen (secondary N) is 1. The fraction of sp³-hybridized carbons (Fsp3) is 0.562. The maximum absolute atomic E-state index is 11.1. The lowest BCUT2D eigenvalue weighted by molar-refractivity contribution is -0.139. The van der Waals surface area contributed by atoms with E-state index < -0.39 is 12.0 Å². The molecule has 1 aliphatic rings. The summed E-state index contributed by atoms with van der Waals surface area (Å²) in [5.74, 6) is 0.632. The van der Waals surface area contributed by atoms with Gasteiger partial charge in [0.05, 0.1) is 6.61 Å². The summed E-state index contributed by atoms with van der Waals surface area (Å²) in [5, 5.41) is 12.0. The molecule has 2 rings (SSSR count). The minimum Gasteiger partial charge on any atom is -0.490 e. The Morgan fingerprint density at radius 1 is 1.52 bits per heavy atom. The number of hydrogen-bond donors (Lipinski definition) is 2. The molecule has 0 spiro atoms. The third-order valence-corrected chi connectivity index (χ3v) is 3.47. The van der Waals surface area contributed by atoms with Gasteiger partial charge in [-0.2, -0.15) is 0 Å². The van der Waals surface area contributed by atoms with Crippen molar-refractivity contribution in [1.29, 1.82) is 0 Å². The molecule has 1 aromatic carbocycles. The number of hydrogen-bond acceptors (Lipinski definition) is 4. The molecular weight excluding hydrogens is 270 g/mol. The molecule has 1 aromatic rings. The second-order valence-corrected chi connectivity index (χ2v) is 5.87. The second-order valence-electron chi connectivity index (χ2n) is 5.87. The number of carbonyl (C=O) groups is 1. The molecule has 5 heteroatoms. The summed E-state index contributed by atoms with van der Waals surface area (Å²) < 4.78 is 11.7. The molecular formula is C16H23NO4. The van der Waals surface area contributed by atoms with E-state index in [1.54, 1.807) is 0 Å². The molecule has 0 bridgehead atoms. The summed E-state index contributed by atoms with van der Waals surface area (Å²) in [7, 11) is 0. The van der Waals surface area contributed by atoms with Gasteiger partial charge in [0.1, 0.15) is 11.6 Å². The van der Waals surface area contributed by atoms with Crippen LogP contribution in [0.5, 0.6) is 11.5 Å². The van der Waals surface area contributed by atoms with Crippen LogP contribution in [-0.2, 0) is 11.2 Å². The van der Waals surface area contributed by atoms with E-state index in [9.17, 15) is 4.79 Å². The number of ether oxygens (including phenoxy) is 2. The van der Waals surface area contributed by atoms with Crippen molar-refractivity contribution in [2.75, 3.05) is 13.2 Å². The van der Waals surface area contributed by atoms with E-state index in [2.05, 4.69) is 5.32 Å². The van der Waals surface area contributed by atoms with E-state index in [4.69, 9.17) is 14.6 Å². The molecule has 0 aliphatic carbocycles. The SMILES string of the molecule is CCNC(CCOc1cccc2c1OC(C)(C)C2)C(=O)O. The Hall–Kier alpha value is -1.75. The van der Waals surface area contributed by atoms with Crippen molar-refractivity contribution in [3.05, 3.63) is 23.8 Å². The Morgan fingerprint density at radius 3 is 2.95 bits per heavy atom. The number of likely N-dealkylation sites (N-methyl/N-ethyl adjacent to an activating group) is 1. The van der Waals surface area contributed by atoms with Crippen LogP contribution in [-0.4, -0.2) is 35.9 Å². The molecule has 5 nitrogen and oxygen atoms in total. The van der Waals surface area contributed by atoms with Gasteiger partial charge in [0.15, 0.2) is 11.5 Å². The highest BCUT2D eigenvalue weighted by atomic mass is 16.5. The maximum Gasteiger partial charge on any atom is 0.320 e. The summed E-state index contributed by atoms with van der Waals surface area (Å²) >= 11 is 0. The van der Waals surface area contributed by atoms with Crippen LogP contribution in [0.3, 0.4) is 0 Å². The molecule has 0 aromatic heterocycles. The number of rotatable bonds is 7. The summed E-state index contributed by atoms with van der Waals surface area (Å²) in [6, 6.07) is 5.26. The van der Waals surface area contributed by atoms with Gasteiger partial charge in [-0.05, 0) is 26.5 Å². The average Bonchev–Trinajstić information content (AvgIpc) is 2.72. The maximum atomic E-state index is 11.1. The summed E-state index contributed by atoms with van der Waals surface area (Å²) in [4.78, 5) is 11.1. The molecule has 1 aliphatic heterocycles. The van der Waals surface area contributed by atoms with Crippen molar-refractivity contribution in [2.45, 2.75) is 45.3 Å². The zero-order chi connectivity index (χ0) is 15.5. The minimum absolute atomic E-state index is 0.213. The van der Waals surface area contributed by atoms with Crippen molar-refractivity contribution >= 4 is 5.97 Å². The van der Waals surface area contributed by atoms with Crippen LogP contribution in [0.1, 0.15) is 32.8 Å². The van der Waals surface area contributed by atoms with Gasteiger partial charge in [-0.1, -0.05) is 19.1 Å². The van der Waals surface area contributed by atoms with Gasteiger partial charge in [-0.3, -0.25) is 4.79 Å². The van der Waals surface area contributed by atoms with E-state index >= 15 is 0 Å². The van der Waals surface area contributed by atoms with Gasteiger partial charge in [-0.25, -0.2) is 0 Å². The number of carboxylic acids is 1. The van der Waals surface area contributed by atoms with Crippen LogP contribution in [0.4, 0.5) is 0 Å². The van der Waals surface area contributed by atoms with E-state index in [0.29, 0.717) is 25.3 Å². The Bertz CT molecular complexity index is 513. The first-order valence-corrected chi connectivity index (χ1v) is 7.33. The van der Waals surface area contributed by atoms with Crippen LogP contribution in [0.25, 0.3) is 0 Å². The Morgan fingerprint density at radius 2 is 2.29 bits per heavy atom. The molecule has 116 valence electrons. The fourth-order valence-electron chi connectivity index (χ4n) is 2.55. The average molecular weight is 293 g/mol. The van der Waals surface area contributed by atoms with Gasteiger partial charge in [-0.15, -0.1) is 0 Å². The molecule has 0 amide bonds. The van der Waals surface area contributed by atoms with E-state index in [1.807, 2.05) is 39.0 Å². The Balaban J connectivity index is 1.96. The third-order valence-electron chi connectivity index (χ3n) is 3.47. The van der Waals surface area contributed by atoms with Crippen molar-refractivity contribution in [3.63, 3.8) is 0 Å². The third kappa shape index (κ3) is 3.88. The van der Waals surface area contributed by atoms with Crippen molar-refractivity contribution in [2.24, 2.45) is 0 Å². The molecule has 1 atom stereocenters. The number of fused-ring (bicyclic) bond motifs is 1. The van der Waals surface area contributed by atoms with Gasteiger partial charge in [0.25, 0.3) is 0 Å². The quantitative estimate of drug-likeness (QED) is 0.807. The number of para-hydroxylation sites is 1. The zero-order valence-corrected chi connectivity index (χ0v) is 12.8. The minimum atomic E-state index is -0.851. The van der Waals surface area contributed by atoms with Gasteiger partial charge < -0.3 is 19.9 Å². The lowest BCUT2D eigenvalue weighted by Crippen LogP contribution is -2.37. The number of aliphatic carboxylic acids is 1. The first-order chi connectivity index (χ1) is 9.93. The molecule has 1 unspecified atom stereocenters. The lowest BCUT2D eigenvalue weighted by Gasteiger charge is -2.18. The van der Waals surface area contributed by atoms with Crippen LogP contribution in [0.15, 0.2) is 18.2 Å². The predicted octanol–water partition coefficient (Wildman–Crippen LogP) is 2.23. The highest BCUT2D eigenvalue weighted by Gasteiger charge is 2.32. The van der Waals surface area contributed by atoms with Crippen LogP contribution in [0, 0.1) is 0 Å². The lowest BCUT2D eigenvalue weighted by atomic mass is 10.0. The Labute approximate surface area is 125 Å². The van der Waals surface area contributed by atoms with E-state index in [0.717, 1.165) is 17.7 Å². The van der Waals surface area contributed by atoms with E-state index in [1.165, 1.54) is 0 Å². The summed E-state index contributed by atoms with van der Waals surface area (Å²) in [5.41, 5.74) is 0.925. The van der Waals surface area contributed by atoms with Gasteiger partial charge in [0.2, 0.25) is 0 Å². The summed E-state index contributed by atoms with van der Waals surface area (Å²) in [6.07, 6.45) is 1.27. The molecule has 1 heterocycles. The first kappa shape index (κ1) is 15.6. The molecule has 0 fully saturated rings. The molecule has 2 N–H and O–H groups in total. The molecule has 21 heavy (non-hydrogen) atoms. The largest absolute Gasteiger partial charge is 0.490 e. The van der Waals surface area contributed by atoms with Gasteiger partial charge >= 0.3 is 5.97 Å². The molecule has 0 saturated carbocycles. The highest BCUT2D eigenvalue weighted by Crippen LogP contribution is 2.41. The predicted molar refractivity (Wildman–Crippen MR) is 80.1 cm³/mol. The standard InChI is InChI=1S/C16H23NO4/c1-4-17-12(15(18)19)8-9-20-13-7-5-6-11-10-16(2,3)21-14(11)13/h5-7,12,17H,4,8-10H2,1-3H3,(H,18,19). The molecule has 0 saturated heterocycles. The van der Waals surface area contributed by atoms with Crippen LogP contribution >= 0.6 is 0 Å².